The lowest BCUT2D eigenvalue weighted by molar-refractivity contribution is 0.0955. The minimum atomic E-state index is -0.0760. The van der Waals surface area contributed by atoms with Crippen molar-refractivity contribution in [1.29, 1.82) is 0 Å². The molecular weight excluding hydrogens is 298 g/mol. The van der Waals surface area contributed by atoms with Crippen LogP contribution in [0.5, 0.6) is 0 Å². The largest absolute Gasteiger partial charge is 0.352 e. The Balaban J connectivity index is 1.79. The van der Waals surface area contributed by atoms with Gasteiger partial charge in [0.2, 0.25) is 0 Å². The molecule has 1 aliphatic heterocycles. The van der Waals surface area contributed by atoms with Crippen LogP contribution in [0.4, 0.5) is 0 Å². The van der Waals surface area contributed by atoms with Crippen LogP contribution in [-0.2, 0) is 0 Å². The Morgan fingerprint density at radius 3 is 2.71 bits per heavy atom. The first-order valence-electron chi connectivity index (χ1n) is 8.77. The minimum absolute atomic E-state index is 0.0760. The van der Waals surface area contributed by atoms with Crippen LogP contribution in [0.2, 0.25) is 0 Å². The first kappa shape index (κ1) is 16.7. The lowest BCUT2D eigenvalue weighted by Gasteiger charge is -2.24. The number of nitrogens with zero attached hydrogens (tertiary/aromatic N) is 2. The van der Waals surface area contributed by atoms with Crippen molar-refractivity contribution in [2.45, 2.75) is 32.7 Å². The smallest absolute Gasteiger partial charge is 0.252 e. The minimum Gasteiger partial charge on any atom is -0.352 e. The highest BCUT2D eigenvalue weighted by Crippen LogP contribution is 2.27. The van der Waals surface area contributed by atoms with Gasteiger partial charge in [-0.25, -0.2) is 0 Å². The van der Waals surface area contributed by atoms with Crippen LogP contribution in [-0.4, -0.2) is 35.4 Å². The molecule has 126 valence electrons. The van der Waals surface area contributed by atoms with Gasteiger partial charge in [0.25, 0.3) is 5.91 Å². The summed E-state index contributed by atoms with van der Waals surface area (Å²) < 4.78 is 0. The summed E-state index contributed by atoms with van der Waals surface area (Å²) >= 11 is 0. The van der Waals surface area contributed by atoms with Gasteiger partial charge in [-0.2, -0.15) is 0 Å². The molecule has 4 nitrogen and oxygen atoms in total. The molecule has 1 saturated heterocycles. The number of rotatable bonds is 5. The van der Waals surface area contributed by atoms with Crippen LogP contribution in [0, 0.1) is 0 Å². The number of carbonyl (C=O) groups is 1. The predicted molar refractivity (Wildman–Crippen MR) is 96.9 cm³/mol. The van der Waals surface area contributed by atoms with Crippen molar-refractivity contribution in [1.82, 2.24) is 15.2 Å². The molecule has 24 heavy (non-hydrogen) atoms. The first-order chi connectivity index (χ1) is 11.7. The van der Waals surface area contributed by atoms with Crippen LogP contribution < -0.4 is 5.32 Å². The number of carbonyl (C=O) groups excluding carboxylic acids is 1. The molecule has 0 saturated carbocycles. The standard InChI is InChI=1S/C20H25N3O/c1-3-21-20(24)18-9-10-19(22-14-18)17-8-6-7-16(13-17)15(2)23-11-4-5-12-23/h6-10,13-15H,3-5,11-12H2,1-2H3,(H,21,24)/t15-/m0/s1. The van der Waals surface area contributed by atoms with Crippen LogP contribution in [0.1, 0.15) is 48.7 Å². The van der Waals surface area contributed by atoms with E-state index in [2.05, 4.69) is 46.4 Å². The van der Waals surface area contributed by atoms with Gasteiger partial charge in [-0.1, -0.05) is 18.2 Å². The van der Waals surface area contributed by atoms with Crippen molar-refractivity contribution in [2.24, 2.45) is 0 Å². The fourth-order valence-corrected chi connectivity index (χ4v) is 3.26. The number of pyridine rings is 1. The highest BCUT2D eigenvalue weighted by molar-refractivity contribution is 5.94. The van der Waals surface area contributed by atoms with E-state index >= 15 is 0 Å². The number of likely N-dealkylation sites (tertiary alicyclic amines) is 1. The summed E-state index contributed by atoms with van der Waals surface area (Å²) in [5.74, 6) is -0.0760. The number of nitrogens with one attached hydrogen (secondary N) is 1. The number of aromatic nitrogens is 1. The number of benzene rings is 1. The van der Waals surface area contributed by atoms with Gasteiger partial charge >= 0.3 is 0 Å². The molecule has 1 aromatic carbocycles. The van der Waals surface area contributed by atoms with E-state index in [1.165, 1.54) is 31.5 Å². The first-order valence-corrected chi connectivity index (χ1v) is 8.77. The summed E-state index contributed by atoms with van der Waals surface area (Å²) in [5, 5.41) is 2.79. The summed E-state index contributed by atoms with van der Waals surface area (Å²) in [6.07, 6.45) is 4.25. The lowest BCUT2D eigenvalue weighted by atomic mass is 10.0. The van der Waals surface area contributed by atoms with Crippen molar-refractivity contribution >= 4 is 5.91 Å². The Hall–Kier alpha value is -2.20. The Bertz CT molecular complexity index is 690. The number of hydrogen-bond donors (Lipinski definition) is 1. The second-order valence-electron chi connectivity index (χ2n) is 6.34. The highest BCUT2D eigenvalue weighted by Gasteiger charge is 2.19. The fourth-order valence-electron chi connectivity index (χ4n) is 3.26. The zero-order valence-corrected chi connectivity index (χ0v) is 14.5. The summed E-state index contributed by atoms with van der Waals surface area (Å²) in [6.45, 7) is 7.18. The molecule has 1 aliphatic rings. The van der Waals surface area contributed by atoms with Gasteiger partial charge in [0.15, 0.2) is 0 Å². The van der Waals surface area contributed by atoms with Gasteiger partial charge in [-0.3, -0.25) is 14.7 Å². The van der Waals surface area contributed by atoms with Gasteiger partial charge in [0.1, 0.15) is 0 Å². The van der Waals surface area contributed by atoms with Crippen LogP contribution in [0.15, 0.2) is 42.6 Å². The average Bonchev–Trinajstić information content (AvgIpc) is 3.16. The molecule has 2 aromatic rings. The Morgan fingerprint density at radius 1 is 1.25 bits per heavy atom. The highest BCUT2D eigenvalue weighted by atomic mass is 16.1. The van der Waals surface area contributed by atoms with E-state index in [1.807, 2.05) is 19.1 Å². The molecule has 1 atom stereocenters. The van der Waals surface area contributed by atoms with E-state index in [1.54, 1.807) is 6.20 Å². The Labute approximate surface area is 143 Å². The van der Waals surface area contributed by atoms with E-state index in [0.717, 1.165) is 11.3 Å². The Kier molecular flexibility index (Phi) is 5.26. The van der Waals surface area contributed by atoms with Crippen molar-refractivity contribution in [3.05, 3.63) is 53.7 Å². The molecule has 0 aliphatic carbocycles. The predicted octanol–water partition coefficient (Wildman–Crippen LogP) is 3.66. The zero-order valence-electron chi connectivity index (χ0n) is 14.5. The summed E-state index contributed by atoms with van der Waals surface area (Å²) in [6, 6.07) is 12.8. The van der Waals surface area contributed by atoms with Crippen LogP contribution >= 0.6 is 0 Å². The fraction of sp³-hybridized carbons (Fsp3) is 0.400. The number of amides is 1. The van der Waals surface area contributed by atoms with Gasteiger partial charge < -0.3 is 5.32 Å². The van der Waals surface area contributed by atoms with E-state index in [-0.39, 0.29) is 5.91 Å². The average molecular weight is 323 g/mol. The van der Waals surface area contributed by atoms with Crippen molar-refractivity contribution in [3.63, 3.8) is 0 Å². The maximum absolute atomic E-state index is 11.8. The molecule has 1 aromatic heterocycles. The van der Waals surface area contributed by atoms with Crippen LogP contribution in [0.25, 0.3) is 11.3 Å². The molecule has 1 N–H and O–H groups in total. The molecule has 0 unspecified atom stereocenters. The molecule has 4 heteroatoms. The third kappa shape index (κ3) is 3.65. The molecular formula is C20H25N3O. The molecule has 1 fully saturated rings. The third-order valence-corrected chi connectivity index (χ3v) is 4.72. The molecule has 1 amide bonds. The zero-order chi connectivity index (χ0) is 16.9. The SMILES string of the molecule is CCNC(=O)c1ccc(-c2cccc([C@H](C)N3CCCC3)c2)nc1. The lowest BCUT2D eigenvalue weighted by Crippen LogP contribution is -2.23. The molecule has 0 radical (unpaired) electrons. The van der Waals surface area contributed by atoms with Gasteiger partial charge in [-0.05, 0) is 63.5 Å². The quantitative estimate of drug-likeness (QED) is 0.913. The van der Waals surface area contributed by atoms with E-state index in [4.69, 9.17) is 0 Å². The maximum atomic E-state index is 11.8. The second-order valence-corrected chi connectivity index (χ2v) is 6.34. The van der Waals surface area contributed by atoms with Crippen molar-refractivity contribution in [2.75, 3.05) is 19.6 Å². The van der Waals surface area contributed by atoms with Gasteiger partial charge in [0, 0.05) is 24.3 Å². The normalized spacial score (nSPS) is 16.1. The molecule has 2 heterocycles. The van der Waals surface area contributed by atoms with Gasteiger partial charge in [-0.15, -0.1) is 0 Å². The third-order valence-electron chi connectivity index (χ3n) is 4.72. The van der Waals surface area contributed by atoms with Gasteiger partial charge in [0.05, 0.1) is 11.3 Å². The molecule has 0 spiro atoms. The van der Waals surface area contributed by atoms with Crippen molar-refractivity contribution < 1.29 is 4.79 Å². The van der Waals surface area contributed by atoms with E-state index < -0.39 is 0 Å². The summed E-state index contributed by atoms with van der Waals surface area (Å²) in [5.41, 5.74) is 3.92. The topological polar surface area (TPSA) is 45.2 Å². The summed E-state index contributed by atoms with van der Waals surface area (Å²) in [7, 11) is 0. The van der Waals surface area contributed by atoms with Crippen molar-refractivity contribution in [3.8, 4) is 11.3 Å². The molecule has 3 rings (SSSR count). The monoisotopic (exact) mass is 323 g/mol. The van der Waals surface area contributed by atoms with E-state index in [9.17, 15) is 4.79 Å². The molecule has 0 bridgehead atoms. The maximum Gasteiger partial charge on any atom is 0.252 e. The Morgan fingerprint density at radius 2 is 2.04 bits per heavy atom. The van der Waals surface area contributed by atoms with Crippen LogP contribution in [0.3, 0.4) is 0 Å². The summed E-state index contributed by atoms with van der Waals surface area (Å²) in [4.78, 5) is 18.8. The van der Waals surface area contributed by atoms with E-state index in [0.29, 0.717) is 18.2 Å². The second kappa shape index (κ2) is 7.58. The number of hydrogen-bond acceptors (Lipinski definition) is 3.